The fourth-order valence-corrected chi connectivity index (χ4v) is 2.68. The summed E-state index contributed by atoms with van der Waals surface area (Å²) in [6.45, 7) is 0. The molecule has 0 saturated heterocycles. The summed E-state index contributed by atoms with van der Waals surface area (Å²) in [5.41, 5.74) is -0.0394. The molecular weight excluding hydrogens is 275 g/mol. The number of aryl methyl sites for hydroxylation is 1. The van der Waals surface area contributed by atoms with E-state index in [1.54, 1.807) is 6.07 Å². The monoisotopic (exact) mass is 288 g/mol. The highest BCUT2D eigenvalue weighted by molar-refractivity contribution is 5.89. The lowest BCUT2D eigenvalue weighted by molar-refractivity contribution is 0.0692. The lowest BCUT2D eigenvalue weighted by Gasteiger charge is -2.18. The molecule has 1 N–H and O–H groups in total. The minimum atomic E-state index is -1.29. The minimum absolute atomic E-state index is 0.0293. The molecule has 3 rings (SSSR count). The van der Waals surface area contributed by atoms with Crippen LogP contribution in [-0.2, 0) is 12.8 Å². The molecule has 0 bridgehead atoms. The van der Waals surface area contributed by atoms with Crippen LogP contribution in [0.3, 0.4) is 0 Å². The van der Waals surface area contributed by atoms with Crippen LogP contribution in [0.4, 0.5) is 4.39 Å². The first-order valence-corrected chi connectivity index (χ1v) is 6.73. The maximum atomic E-state index is 13.9. The van der Waals surface area contributed by atoms with Crippen LogP contribution in [-0.4, -0.2) is 20.9 Å². The molecule has 1 aliphatic carbocycles. The number of rotatable bonds is 2. The molecule has 0 radical (unpaired) electrons. The van der Waals surface area contributed by atoms with Gasteiger partial charge in [0.05, 0.1) is 5.69 Å². The van der Waals surface area contributed by atoms with Crippen LogP contribution in [0.15, 0.2) is 29.1 Å². The Morgan fingerprint density at radius 1 is 1.24 bits per heavy atom. The van der Waals surface area contributed by atoms with Gasteiger partial charge in [0.1, 0.15) is 17.1 Å². The van der Waals surface area contributed by atoms with Crippen molar-refractivity contribution in [1.82, 2.24) is 9.78 Å². The summed E-state index contributed by atoms with van der Waals surface area (Å²) in [4.78, 5) is 23.8. The van der Waals surface area contributed by atoms with Crippen LogP contribution >= 0.6 is 0 Å². The van der Waals surface area contributed by atoms with Gasteiger partial charge in [0.15, 0.2) is 0 Å². The Bertz CT molecular complexity index is 783. The second-order valence-electron chi connectivity index (χ2n) is 4.98. The number of aromatic carboxylic acids is 1. The number of hydrogen-bond acceptors (Lipinski definition) is 3. The highest BCUT2D eigenvalue weighted by atomic mass is 19.1. The van der Waals surface area contributed by atoms with E-state index < -0.39 is 17.3 Å². The number of carboxylic acids is 1. The molecule has 2 aromatic rings. The molecule has 0 amide bonds. The molecule has 0 atom stereocenters. The van der Waals surface area contributed by atoms with Crippen LogP contribution in [0.2, 0.25) is 0 Å². The van der Waals surface area contributed by atoms with E-state index in [4.69, 9.17) is 0 Å². The van der Waals surface area contributed by atoms with Crippen molar-refractivity contribution in [3.05, 3.63) is 57.3 Å². The first-order chi connectivity index (χ1) is 10.1. The van der Waals surface area contributed by atoms with E-state index >= 15 is 0 Å². The van der Waals surface area contributed by atoms with Gasteiger partial charge in [0.25, 0.3) is 5.56 Å². The molecule has 21 heavy (non-hydrogen) atoms. The zero-order chi connectivity index (χ0) is 15.0. The number of nitrogens with zero attached hydrogens (tertiary/aromatic N) is 2. The van der Waals surface area contributed by atoms with Crippen molar-refractivity contribution in [3.8, 4) is 5.69 Å². The van der Waals surface area contributed by atoms with E-state index in [0.29, 0.717) is 24.1 Å². The first-order valence-electron chi connectivity index (χ1n) is 6.73. The molecule has 0 saturated carbocycles. The van der Waals surface area contributed by atoms with Crippen molar-refractivity contribution in [2.45, 2.75) is 25.7 Å². The Labute approximate surface area is 119 Å². The van der Waals surface area contributed by atoms with Crippen molar-refractivity contribution < 1.29 is 14.3 Å². The number of carboxylic acid groups (broad SMARTS) is 1. The molecule has 5 nitrogen and oxygen atoms in total. The van der Waals surface area contributed by atoms with Gasteiger partial charge in [-0.2, -0.15) is 9.78 Å². The SMILES string of the molecule is O=C(O)c1c2c(nn(-c3ccccc3F)c1=O)CCCC2. The Hall–Kier alpha value is -2.50. The standard InChI is InChI=1S/C15H13FN2O3/c16-10-6-2-4-8-12(10)18-14(19)13(15(20)21)9-5-1-3-7-11(9)17-18/h2,4,6,8H,1,3,5,7H2,(H,20,21). The van der Waals surface area contributed by atoms with Crippen molar-refractivity contribution in [3.63, 3.8) is 0 Å². The summed E-state index contributed by atoms with van der Waals surface area (Å²) in [5, 5.41) is 13.5. The summed E-state index contributed by atoms with van der Waals surface area (Å²) < 4.78 is 14.7. The number of benzene rings is 1. The number of aromatic nitrogens is 2. The number of halogens is 1. The Morgan fingerprint density at radius 3 is 2.67 bits per heavy atom. The van der Waals surface area contributed by atoms with Crippen LogP contribution in [0, 0.1) is 5.82 Å². The molecule has 108 valence electrons. The van der Waals surface area contributed by atoms with E-state index in [0.717, 1.165) is 17.5 Å². The zero-order valence-corrected chi connectivity index (χ0v) is 11.2. The minimum Gasteiger partial charge on any atom is -0.477 e. The molecule has 0 fully saturated rings. The van der Waals surface area contributed by atoms with E-state index in [-0.39, 0.29) is 11.3 Å². The summed E-state index contributed by atoms with van der Waals surface area (Å²) in [5.74, 6) is -1.90. The van der Waals surface area contributed by atoms with Gasteiger partial charge in [-0.15, -0.1) is 0 Å². The topological polar surface area (TPSA) is 72.2 Å². The van der Waals surface area contributed by atoms with E-state index in [2.05, 4.69) is 5.10 Å². The second-order valence-corrected chi connectivity index (χ2v) is 4.98. The van der Waals surface area contributed by atoms with Crippen LogP contribution in [0.1, 0.15) is 34.5 Å². The van der Waals surface area contributed by atoms with Gasteiger partial charge in [-0.3, -0.25) is 4.79 Å². The summed E-state index contributed by atoms with van der Waals surface area (Å²) in [6, 6.07) is 5.70. The van der Waals surface area contributed by atoms with E-state index in [9.17, 15) is 19.1 Å². The normalized spacial score (nSPS) is 13.8. The number of carbonyl (C=O) groups is 1. The summed E-state index contributed by atoms with van der Waals surface area (Å²) in [6.07, 6.45) is 2.84. The lowest BCUT2D eigenvalue weighted by atomic mass is 9.93. The molecule has 1 aromatic heterocycles. The Balaban J connectivity index is 2.33. The van der Waals surface area contributed by atoms with Crippen molar-refractivity contribution in [1.29, 1.82) is 0 Å². The maximum absolute atomic E-state index is 13.9. The predicted octanol–water partition coefficient (Wildman–Crippen LogP) is 1.95. The molecule has 1 aromatic carbocycles. The quantitative estimate of drug-likeness (QED) is 0.916. The number of para-hydroxylation sites is 1. The average molecular weight is 288 g/mol. The van der Waals surface area contributed by atoms with E-state index in [1.165, 1.54) is 18.2 Å². The Morgan fingerprint density at radius 2 is 1.95 bits per heavy atom. The van der Waals surface area contributed by atoms with Gasteiger partial charge in [-0.1, -0.05) is 12.1 Å². The van der Waals surface area contributed by atoms with Gasteiger partial charge in [0.2, 0.25) is 0 Å². The van der Waals surface area contributed by atoms with Crippen LogP contribution in [0.25, 0.3) is 5.69 Å². The average Bonchev–Trinajstić information content (AvgIpc) is 2.47. The maximum Gasteiger partial charge on any atom is 0.341 e. The van der Waals surface area contributed by atoms with Gasteiger partial charge in [0, 0.05) is 0 Å². The third-order valence-electron chi connectivity index (χ3n) is 3.66. The predicted molar refractivity (Wildman–Crippen MR) is 73.4 cm³/mol. The highest BCUT2D eigenvalue weighted by Crippen LogP contribution is 2.22. The smallest absolute Gasteiger partial charge is 0.341 e. The van der Waals surface area contributed by atoms with Gasteiger partial charge < -0.3 is 5.11 Å². The molecule has 6 heteroatoms. The summed E-state index contributed by atoms with van der Waals surface area (Å²) >= 11 is 0. The largest absolute Gasteiger partial charge is 0.477 e. The molecule has 0 spiro atoms. The highest BCUT2D eigenvalue weighted by Gasteiger charge is 2.25. The fourth-order valence-electron chi connectivity index (χ4n) is 2.68. The van der Waals surface area contributed by atoms with Crippen LogP contribution < -0.4 is 5.56 Å². The zero-order valence-electron chi connectivity index (χ0n) is 11.2. The molecule has 1 heterocycles. The first kappa shape index (κ1) is 13.5. The molecular formula is C15H13FN2O3. The molecule has 0 aliphatic heterocycles. The fraction of sp³-hybridized carbons (Fsp3) is 0.267. The summed E-state index contributed by atoms with van der Waals surface area (Å²) in [7, 11) is 0. The van der Waals surface area contributed by atoms with Crippen molar-refractivity contribution >= 4 is 5.97 Å². The number of hydrogen-bond donors (Lipinski definition) is 1. The van der Waals surface area contributed by atoms with Crippen LogP contribution in [0.5, 0.6) is 0 Å². The lowest BCUT2D eigenvalue weighted by Crippen LogP contribution is -2.32. The van der Waals surface area contributed by atoms with Gasteiger partial charge in [-0.05, 0) is 43.4 Å². The molecule has 0 unspecified atom stereocenters. The number of fused-ring (bicyclic) bond motifs is 1. The van der Waals surface area contributed by atoms with Crippen molar-refractivity contribution in [2.75, 3.05) is 0 Å². The third kappa shape index (κ3) is 2.22. The third-order valence-corrected chi connectivity index (χ3v) is 3.66. The Kier molecular flexibility index (Phi) is 3.29. The molecule has 1 aliphatic rings. The van der Waals surface area contributed by atoms with Gasteiger partial charge in [-0.25, -0.2) is 9.18 Å². The second kappa shape index (κ2) is 5.12. The van der Waals surface area contributed by atoms with Crippen molar-refractivity contribution in [2.24, 2.45) is 0 Å². The van der Waals surface area contributed by atoms with E-state index in [1.807, 2.05) is 0 Å². The van der Waals surface area contributed by atoms with Gasteiger partial charge >= 0.3 is 5.97 Å².